The number of nitrogens with two attached hydrogens (primary N) is 1. The van der Waals surface area contributed by atoms with E-state index < -0.39 is 0 Å². The van der Waals surface area contributed by atoms with Crippen LogP contribution < -0.4 is 5.73 Å². The molecule has 2 aliphatic rings. The van der Waals surface area contributed by atoms with Gasteiger partial charge in [-0.3, -0.25) is 4.90 Å². The summed E-state index contributed by atoms with van der Waals surface area (Å²) in [5, 5.41) is 0. The van der Waals surface area contributed by atoms with Crippen molar-refractivity contribution in [1.82, 2.24) is 9.80 Å². The highest BCUT2D eigenvalue weighted by Crippen LogP contribution is 2.45. The minimum atomic E-state index is 0.267. The van der Waals surface area contributed by atoms with Crippen molar-refractivity contribution in [2.45, 2.75) is 51.5 Å². The largest absolute Gasteiger partial charge is 0.329 e. The van der Waals surface area contributed by atoms with Crippen LogP contribution in [0.1, 0.15) is 46.0 Å². The Hall–Kier alpha value is -0.120. The lowest BCUT2D eigenvalue weighted by atomic mass is 9.87. The SMILES string of the molecule is CN(CCN1CCCC1)C1(CN)CCC(C)(C)C1. The summed E-state index contributed by atoms with van der Waals surface area (Å²) in [6.45, 7) is 10.6. The van der Waals surface area contributed by atoms with E-state index in [-0.39, 0.29) is 5.54 Å². The lowest BCUT2D eigenvalue weighted by Gasteiger charge is -2.40. The van der Waals surface area contributed by atoms with Crippen LogP contribution >= 0.6 is 0 Å². The molecule has 0 aromatic carbocycles. The summed E-state index contributed by atoms with van der Waals surface area (Å²) in [4.78, 5) is 5.15. The number of likely N-dealkylation sites (N-methyl/N-ethyl adjacent to an activating group) is 1. The van der Waals surface area contributed by atoms with Crippen LogP contribution in [0.3, 0.4) is 0 Å². The minimum Gasteiger partial charge on any atom is -0.329 e. The van der Waals surface area contributed by atoms with Gasteiger partial charge < -0.3 is 10.6 Å². The Morgan fingerprint density at radius 1 is 1.17 bits per heavy atom. The summed E-state index contributed by atoms with van der Waals surface area (Å²) in [7, 11) is 2.28. The third-order valence-electron chi connectivity index (χ3n) is 5.21. The highest BCUT2D eigenvalue weighted by Gasteiger charge is 2.44. The highest BCUT2D eigenvalue weighted by molar-refractivity contribution is 5.01. The maximum atomic E-state index is 6.12. The zero-order valence-electron chi connectivity index (χ0n) is 12.5. The molecule has 1 unspecified atom stereocenters. The van der Waals surface area contributed by atoms with Crippen molar-refractivity contribution in [2.24, 2.45) is 11.1 Å². The van der Waals surface area contributed by atoms with E-state index in [1.165, 1.54) is 58.3 Å². The normalized spacial score (nSPS) is 32.5. The average Bonchev–Trinajstić information content (AvgIpc) is 2.94. The van der Waals surface area contributed by atoms with E-state index in [9.17, 15) is 0 Å². The molecular weight excluding hydrogens is 222 g/mol. The zero-order chi connectivity index (χ0) is 13.2. The van der Waals surface area contributed by atoms with Crippen LogP contribution in [0.4, 0.5) is 0 Å². The first-order valence-electron chi connectivity index (χ1n) is 7.61. The fraction of sp³-hybridized carbons (Fsp3) is 1.00. The molecule has 2 rings (SSSR count). The van der Waals surface area contributed by atoms with Gasteiger partial charge >= 0.3 is 0 Å². The Bertz CT molecular complexity index is 271. The Kier molecular flexibility index (Phi) is 4.35. The van der Waals surface area contributed by atoms with Crippen molar-refractivity contribution in [3.8, 4) is 0 Å². The second-order valence-electron chi connectivity index (χ2n) is 7.24. The molecule has 1 saturated carbocycles. The first-order valence-corrected chi connectivity index (χ1v) is 7.61. The molecule has 0 amide bonds. The molecule has 0 radical (unpaired) electrons. The molecule has 2 fully saturated rings. The molecule has 0 aromatic rings. The van der Waals surface area contributed by atoms with E-state index in [4.69, 9.17) is 5.73 Å². The Morgan fingerprint density at radius 2 is 1.83 bits per heavy atom. The molecule has 1 saturated heterocycles. The number of hydrogen-bond acceptors (Lipinski definition) is 3. The van der Waals surface area contributed by atoms with E-state index in [1.54, 1.807) is 0 Å². The van der Waals surface area contributed by atoms with Crippen LogP contribution in [0.15, 0.2) is 0 Å². The van der Waals surface area contributed by atoms with E-state index in [1.807, 2.05) is 0 Å². The molecule has 2 N–H and O–H groups in total. The minimum absolute atomic E-state index is 0.267. The van der Waals surface area contributed by atoms with E-state index in [2.05, 4.69) is 30.7 Å². The van der Waals surface area contributed by atoms with Gasteiger partial charge in [-0.15, -0.1) is 0 Å². The molecule has 1 aliphatic heterocycles. The number of hydrogen-bond donors (Lipinski definition) is 1. The molecule has 1 aliphatic carbocycles. The van der Waals surface area contributed by atoms with Gasteiger partial charge in [0, 0.05) is 25.2 Å². The standard InChI is InChI=1S/C15H31N3/c1-14(2)6-7-15(12-14,13-16)17(3)10-11-18-8-4-5-9-18/h4-13,16H2,1-3H3. The monoisotopic (exact) mass is 253 g/mol. The number of nitrogens with zero attached hydrogens (tertiary/aromatic N) is 2. The summed E-state index contributed by atoms with van der Waals surface area (Å²) in [6, 6.07) is 0. The van der Waals surface area contributed by atoms with Gasteiger partial charge in [-0.2, -0.15) is 0 Å². The molecule has 1 atom stereocenters. The second-order valence-corrected chi connectivity index (χ2v) is 7.24. The summed E-state index contributed by atoms with van der Waals surface area (Å²) in [5.74, 6) is 0. The van der Waals surface area contributed by atoms with E-state index in [0.717, 1.165) is 6.54 Å². The quantitative estimate of drug-likeness (QED) is 0.812. The van der Waals surface area contributed by atoms with Gasteiger partial charge in [0.2, 0.25) is 0 Å². The average molecular weight is 253 g/mol. The fourth-order valence-corrected chi connectivity index (χ4v) is 3.83. The maximum Gasteiger partial charge on any atom is 0.0334 e. The third kappa shape index (κ3) is 3.06. The predicted molar refractivity (Wildman–Crippen MR) is 77.7 cm³/mol. The maximum absolute atomic E-state index is 6.12. The van der Waals surface area contributed by atoms with Gasteiger partial charge in [-0.25, -0.2) is 0 Å². The molecule has 0 aromatic heterocycles. The molecule has 3 nitrogen and oxygen atoms in total. The van der Waals surface area contributed by atoms with Gasteiger partial charge in [0.1, 0.15) is 0 Å². The van der Waals surface area contributed by atoms with Crippen LogP contribution in [0.5, 0.6) is 0 Å². The highest BCUT2D eigenvalue weighted by atomic mass is 15.2. The summed E-state index contributed by atoms with van der Waals surface area (Å²) < 4.78 is 0. The third-order valence-corrected chi connectivity index (χ3v) is 5.21. The topological polar surface area (TPSA) is 32.5 Å². The zero-order valence-corrected chi connectivity index (χ0v) is 12.5. The first kappa shape index (κ1) is 14.3. The number of likely N-dealkylation sites (tertiary alicyclic amines) is 1. The van der Waals surface area contributed by atoms with Crippen molar-refractivity contribution >= 4 is 0 Å². The van der Waals surface area contributed by atoms with Crippen molar-refractivity contribution in [3.05, 3.63) is 0 Å². The van der Waals surface area contributed by atoms with Gasteiger partial charge in [-0.05, 0) is 57.7 Å². The molecule has 18 heavy (non-hydrogen) atoms. The van der Waals surface area contributed by atoms with Crippen LogP contribution in [0.25, 0.3) is 0 Å². The number of rotatable bonds is 5. The van der Waals surface area contributed by atoms with Crippen LogP contribution in [-0.4, -0.2) is 55.1 Å². The Balaban J connectivity index is 1.87. The fourth-order valence-electron chi connectivity index (χ4n) is 3.83. The lowest BCUT2D eigenvalue weighted by Crippen LogP contribution is -2.52. The van der Waals surface area contributed by atoms with Crippen molar-refractivity contribution < 1.29 is 0 Å². The van der Waals surface area contributed by atoms with Gasteiger partial charge in [0.15, 0.2) is 0 Å². The Labute approximate surface area is 113 Å². The van der Waals surface area contributed by atoms with Gasteiger partial charge in [-0.1, -0.05) is 13.8 Å². The van der Waals surface area contributed by atoms with Gasteiger partial charge in [0.05, 0.1) is 0 Å². The first-order chi connectivity index (χ1) is 8.47. The molecule has 106 valence electrons. The summed E-state index contributed by atoms with van der Waals surface area (Å²) in [6.07, 6.45) is 6.62. The second kappa shape index (κ2) is 5.48. The van der Waals surface area contributed by atoms with Crippen molar-refractivity contribution in [2.75, 3.05) is 39.8 Å². The molecule has 0 bridgehead atoms. The molecule has 0 spiro atoms. The van der Waals surface area contributed by atoms with Crippen molar-refractivity contribution in [3.63, 3.8) is 0 Å². The molecular formula is C15H31N3. The smallest absolute Gasteiger partial charge is 0.0334 e. The molecule has 3 heteroatoms. The van der Waals surface area contributed by atoms with E-state index in [0.29, 0.717) is 5.41 Å². The van der Waals surface area contributed by atoms with Crippen molar-refractivity contribution in [1.29, 1.82) is 0 Å². The van der Waals surface area contributed by atoms with Crippen LogP contribution in [-0.2, 0) is 0 Å². The summed E-state index contributed by atoms with van der Waals surface area (Å²) >= 11 is 0. The lowest BCUT2D eigenvalue weighted by molar-refractivity contribution is 0.106. The van der Waals surface area contributed by atoms with Gasteiger partial charge in [0.25, 0.3) is 0 Å². The van der Waals surface area contributed by atoms with Crippen LogP contribution in [0.2, 0.25) is 0 Å². The predicted octanol–water partition coefficient (Wildman–Crippen LogP) is 1.92. The van der Waals surface area contributed by atoms with E-state index >= 15 is 0 Å². The van der Waals surface area contributed by atoms with Crippen LogP contribution in [0, 0.1) is 5.41 Å². The Morgan fingerprint density at radius 3 is 2.33 bits per heavy atom. The summed E-state index contributed by atoms with van der Waals surface area (Å²) in [5.41, 5.74) is 6.86. The molecule has 1 heterocycles.